The van der Waals surface area contributed by atoms with E-state index in [0.29, 0.717) is 5.92 Å². The first kappa shape index (κ1) is 12.7. The summed E-state index contributed by atoms with van der Waals surface area (Å²) in [7, 11) is 0. The first-order valence-corrected chi connectivity index (χ1v) is 6.99. The number of rotatable bonds is 3. The molecule has 0 aliphatic heterocycles. The molecule has 0 radical (unpaired) electrons. The Balaban J connectivity index is 1.85. The summed E-state index contributed by atoms with van der Waals surface area (Å²) in [5.41, 5.74) is 1.33. The van der Waals surface area contributed by atoms with Gasteiger partial charge in [-0.3, -0.25) is 0 Å². The minimum Gasteiger partial charge on any atom is -0.457 e. The van der Waals surface area contributed by atoms with E-state index in [4.69, 9.17) is 4.74 Å². The summed E-state index contributed by atoms with van der Waals surface area (Å²) in [5.74, 6) is 2.30. The molecular formula is C19H18O. The fourth-order valence-corrected chi connectivity index (χ4v) is 2.29. The zero-order valence-corrected chi connectivity index (χ0v) is 11.8. The lowest BCUT2D eigenvalue weighted by Crippen LogP contribution is -1.88. The molecule has 20 heavy (non-hydrogen) atoms. The molecule has 100 valence electrons. The van der Waals surface area contributed by atoms with E-state index >= 15 is 0 Å². The molecule has 3 rings (SSSR count). The van der Waals surface area contributed by atoms with Crippen molar-refractivity contribution in [1.82, 2.24) is 0 Å². The normalized spacial score (nSPS) is 10.9. The van der Waals surface area contributed by atoms with E-state index in [9.17, 15) is 0 Å². The van der Waals surface area contributed by atoms with Gasteiger partial charge in [-0.05, 0) is 46.5 Å². The predicted molar refractivity (Wildman–Crippen MR) is 84.6 cm³/mol. The van der Waals surface area contributed by atoms with Crippen LogP contribution in [-0.2, 0) is 0 Å². The third kappa shape index (κ3) is 2.67. The van der Waals surface area contributed by atoms with E-state index < -0.39 is 0 Å². The molecule has 0 unspecified atom stereocenters. The summed E-state index contributed by atoms with van der Waals surface area (Å²) in [6.45, 7) is 4.39. The third-order valence-corrected chi connectivity index (χ3v) is 3.50. The average molecular weight is 262 g/mol. The highest BCUT2D eigenvalue weighted by atomic mass is 16.5. The maximum atomic E-state index is 5.92. The lowest BCUT2D eigenvalue weighted by atomic mass is 10.0. The average Bonchev–Trinajstić information content (AvgIpc) is 2.48. The minimum absolute atomic E-state index is 0.546. The van der Waals surface area contributed by atoms with Crippen molar-refractivity contribution in [3.63, 3.8) is 0 Å². The van der Waals surface area contributed by atoms with Crippen molar-refractivity contribution in [2.75, 3.05) is 0 Å². The zero-order chi connectivity index (χ0) is 13.9. The lowest BCUT2D eigenvalue weighted by molar-refractivity contribution is 0.483. The summed E-state index contributed by atoms with van der Waals surface area (Å²) < 4.78 is 5.92. The van der Waals surface area contributed by atoms with Gasteiger partial charge in [0.25, 0.3) is 0 Å². The Kier molecular flexibility index (Phi) is 3.42. The molecule has 0 fully saturated rings. The van der Waals surface area contributed by atoms with Crippen molar-refractivity contribution in [2.45, 2.75) is 19.8 Å². The van der Waals surface area contributed by atoms with Crippen LogP contribution in [0.5, 0.6) is 11.5 Å². The predicted octanol–water partition coefficient (Wildman–Crippen LogP) is 5.76. The van der Waals surface area contributed by atoms with Crippen LogP contribution in [0, 0.1) is 0 Å². The van der Waals surface area contributed by atoms with Gasteiger partial charge in [0.15, 0.2) is 0 Å². The molecule has 0 saturated carbocycles. The van der Waals surface area contributed by atoms with Gasteiger partial charge in [-0.1, -0.05) is 56.3 Å². The second-order valence-electron chi connectivity index (χ2n) is 5.33. The number of benzene rings is 3. The maximum absolute atomic E-state index is 5.92. The molecule has 0 N–H and O–H groups in total. The van der Waals surface area contributed by atoms with Gasteiger partial charge in [-0.2, -0.15) is 0 Å². The van der Waals surface area contributed by atoms with Crippen LogP contribution < -0.4 is 4.74 Å². The fraction of sp³-hybridized carbons (Fsp3) is 0.158. The Morgan fingerprint density at radius 2 is 1.35 bits per heavy atom. The van der Waals surface area contributed by atoms with Gasteiger partial charge >= 0.3 is 0 Å². The summed E-state index contributed by atoms with van der Waals surface area (Å²) in [6.07, 6.45) is 0. The van der Waals surface area contributed by atoms with Gasteiger partial charge in [0.1, 0.15) is 11.5 Å². The smallest absolute Gasteiger partial charge is 0.128 e. The third-order valence-electron chi connectivity index (χ3n) is 3.50. The van der Waals surface area contributed by atoms with Gasteiger partial charge in [0, 0.05) is 0 Å². The highest BCUT2D eigenvalue weighted by molar-refractivity contribution is 5.83. The molecule has 3 aromatic rings. The highest BCUT2D eigenvalue weighted by Gasteiger charge is 2.01. The van der Waals surface area contributed by atoms with Crippen LogP contribution in [0.3, 0.4) is 0 Å². The second kappa shape index (κ2) is 5.38. The quantitative estimate of drug-likeness (QED) is 0.583. The molecule has 0 aliphatic carbocycles. The molecule has 0 bridgehead atoms. The topological polar surface area (TPSA) is 9.23 Å². The molecular weight excluding hydrogens is 244 g/mol. The van der Waals surface area contributed by atoms with Crippen LogP contribution in [0.4, 0.5) is 0 Å². The van der Waals surface area contributed by atoms with Gasteiger partial charge in [0.05, 0.1) is 0 Å². The first-order valence-electron chi connectivity index (χ1n) is 6.99. The van der Waals surface area contributed by atoms with E-state index in [-0.39, 0.29) is 0 Å². The van der Waals surface area contributed by atoms with Crippen molar-refractivity contribution in [3.05, 3.63) is 72.3 Å². The number of ether oxygens (including phenoxy) is 1. The van der Waals surface area contributed by atoms with Gasteiger partial charge in [-0.15, -0.1) is 0 Å². The van der Waals surface area contributed by atoms with E-state index in [1.165, 1.54) is 16.3 Å². The molecule has 3 aromatic carbocycles. The summed E-state index contributed by atoms with van der Waals surface area (Å²) in [5, 5.41) is 2.43. The molecule has 0 amide bonds. The van der Waals surface area contributed by atoms with Crippen molar-refractivity contribution in [3.8, 4) is 11.5 Å². The number of hydrogen-bond donors (Lipinski definition) is 0. The first-order chi connectivity index (χ1) is 9.72. The monoisotopic (exact) mass is 262 g/mol. The molecule has 1 heteroatoms. The van der Waals surface area contributed by atoms with Crippen LogP contribution in [0.15, 0.2) is 66.7 Å². The van der Waals surface area contributed by atoms with Crippen molar-refractivity contribution in [1.29, 1.82) is 0 Å². The lowest BCUT2D eigenvalue weighted by Gasteiger charge is -2.09. The van der Waals surface area contributed by atoms with Crippen LogP contribution in [0.2, 0.25) is 0 Å². The molecule has 1 nitrogen and oxygen atoms in total. The number of hydrogen-bond acceptors (Lipinski definition) is 1. The Bertz CT molecular complexity index is 711. The van der Waals surface area contributed by atoms with Gasteiger partial charge < -0.3 is 4.74 Å². The molecule has 0 aliphatic rings. The Morgan fingerprint density at radius 1 is 0.700 bits per heavy atom. The SMILES string of the molecule is CC(C)c1ccc(Oc2ccc3ccccc3c2)cc1. The Labute approximate surface area is 119 Å². The van der Waals surface area contributed by atoms with E-state index in [1.54, 1.807) is 0 Å². The molecule has 0 spiro atoms. The summed E-state index contributed by atoms with van der Waals surface area (Å²) in [6, 6.07) is 22.8. The number of fused-ring (bicyclic) bond motifs is 1. The molecule has 0 heterocycles. The van der Waals surface area contributed by atoms with Gasteiger partial charge in [0.2, 0.25) is 0 Å². The standard InChI is InChI=1S/C19H18O/c1-14(2)15-7-10-18(11-8-15)20-19-12-9-16-5-3-4-6-17(16)13-19/h3-14H,1-2H3. The van der Waals surface area contributed by atoms with E-state index in [0.717, 1.165) is 11.5 Å². The van der Waals surface area contributed by atoms with E-state index in [2.05, 4.69) is 50.2 Å². The van der Waals surface area contributed by atoms with Gasteiger partial charge in [-0.25, -0.2) is 0 Å². The highest BCUT2D eigenvalue weighted by Crippen LogP contribution is 2.26. The van der Waals surface area contributed by atoms with Crippen LogP contribution in [-0.4, -0.2) is 0 Å². The van der Waals surface area contributed by atoms with Crippen molar-refractivity contribution >= 4 is 10.8 Å². The van der Waals surface area contributed by atoms with Crippen molar-refractivity contribution in [2.24, 2.45) is 0 Å². The van der Waals surface area contributed by atoms with Crippen LogP contribution in [0.25, 0.3) is 10.8 Å². The zero-order valence-electron chi connectivity index (χ0n) is 11.8. The summed E-state index contributed by atoms with van der Waals surface area (Å²) >= 11 is 0. The second-order valence-corrected chi connectivity index (χ2v) is 5.33. The summed E-state index contributed by atoms with van der Waals surface area (Å²) in [4.78, 5) is 0. The van der Waals surface area contributed by atoms with E-state index in [1.807, 2.05) is 30.3 Å². The largest absolute Gasteiger partial charge is 0.457 e. The Hall–Kier alpha value is -2.28. The minimum atomic E-state index is 0.546. The molecule has 0 saturated heterocycles. The molecule has 0 atom stereocenters. The molecule has 0 aromatic heterocycles. The Morgan fingerprint density at radius 3 is 2.05 bits per heavy atom. The van der Waals surface area contributed by atoms with Crippen LogP contribution >= 0.6 is 0 Å². The maximum Gasteiger partial charge on any atom is 0.128 e. The van der Waals surface area contributed by atoms with Crippen molar-refractivity contribution < 1.29 is 4.74 Å². The fourth-order valence-electron chi connectivity index (χ4n) is 2.29. The van der Waals surface area contributed by atoms with Crippen LogP contribution in [0.1, 0.15) is 25.3 Å².